The van der Waals surface area contributed by atoms with Crippen molar-refractivity contribution in [1.82, 2.24) is 0 Å². The zero-order valence-electron chi connectivity index (χ0n) is 12.8. The maximum absolute atomic E-state index is 12.1. The fraction of sp³-hybridized carbons (Fsp3) is 0.235. The largest absolute Gasteiger partial charge is 0.457 e. The summed E-state index contributed by atoms with van der Waals surface area (Å²) in [6.45, 7) is 0.555. The Morgan fingerprint density at radius 2 is 1.83 bits per heavy atom. The second-order valence-corrected chi connectivity index (χ2v) is 7.88. The molecule has 0 spiro atoms. The fourth-order valence-electron chi connectivity index (χ4n) is 2.54. The summed E-state index contributed by atoms with van der Waals surface area (Å²) in [4.78, 5) is 12.1. The Balaban J connectivity index is 1.67. The SMILES string of the molecule is O=C(OCc1ccccc1Cl)c1ccc(N2CCCS2(=O)=O)cc1. The van der Waals surface area contributed by atoms with Crippen LogP contribution in [0.2, 0.25) is 5.02 Å². The van der Waals surface area contributed by atoms with Gasteiger partial charge in [-0.1, -0.05) is 29.8 Å². The van der Waals surface area contributed by atoms with Crippen LogP contribution in [0, 0.1) is 0 Å². The predicted octanol–water partition coefficient (Wildman–Crippen LogP) is 3.24. The molecule has 0 radical (unpaired) electrons. The molecule has 0 unspecified atom stereocenters. The first-order valence-electron chi connectivity index (χ1n) is 7.48. The van der Waals surface area contributed by atoms with Gasteiger partial charge in [-0.05, 0) is 36.8 Å². The molecule has 0 N–H and O–H groups in total. The van der Waals surface area contributed by atoms with Gasteiger partial charge in [-0.2, -0.15) is 0 Å². The molecule has 0 saturated carbocycles. The normalized spacial score (nSPS) is 16.1. The Labute approximate surface area is 145 Å². The number of esters is 1. The van der Waals surface area contributed by atoms with Crippen LogP contribution in [0.5, 0.6) is 0 Å². The lowest BCUT2D eigenvalue weighted by Crippen LogP contribution is -2.25. The molecule has 5 nitrogen and oxygen atoms in total. The van der Waals surface area contributed by atoms with Gasteiger partial charge < -0.3 is 4.74 Å². The van der Waals surface area contributed by atoms with Gasteiger partial charge in [0.25, 0.3) is 0 Å². The van der Waals surface area contributed by atoms with Crippen LogP contribution in [-0.2, 0) is 21.4 Å². The van der Waals surface area contributed by atoms with Crippen molar-refractivity contribution in [3.8, 4) is 0 Å². The van der Waals surface area contributed by atoms with Crippen molar-refractivity contribution < 1.29 is 17.9 Å². The Morgan fingerprint density at radius 1 is 1.12 bits per heavy atom. The molecule has 1 saturated heterocycles. The third-order valence-electron chi connectivity index (χ3n) is 3.81. The van der Waals surface area contributed by atoms with E-state index in [9.17, 15) is 13.2 Å². The summed E-state index contributed by atoms with van der Waals surface area (Å²) < 4.78 is 30.4. The Morgan fingerprint density at radius 3 is 2.46 bits per heavy atom. The topological polar surface area (TPSA) is 63.7 Å². The van der Waals surface area contributed by atoms with Gasteiger partial charge in [0.05, 0.1) is 17.0 Å². The van der Waals surface area contributed by atoms with Crippen LogP contribution in [-0.4, -0.2) is 26.7 Å². The van der Waals surface area contributed by atoms with Gasteiger partial charge in [-0.15, -0.1) is 0 Å². The van der Waals surface area contributed by atoms with Gasteiger partial charge in [0, 0.05) is 17.1 Å². The molecular formula is C17H16ClNO4S. The summed E-state index contributed by atoms with van der Waals surface area (Å²) in [5.41, 5.74) is 1.66. The molecule has 2 aromatic rings. The average Bonchev–Trinajstić information content (AvgIpc) is 2.93. The van der Waals surface area contributed by atoms with Crippen molar-refractivity contribution in [2.75, 3.05) is 16.6 Å². The van der Waals surface area contributed by atoms with E-state index in [1.54, 1.807) is 42.5 Å². The van der Waals surface area contributed by atoms with Gasteiger partial charge in [-0.3, -0.25) is 4.31 Å². The zero-order chi connectivity index (χ0) is 17.2. The molecule has 0 atom stereocenters. The lowest BCUT2D eigenvalue weighted by molar-refractivity contribution is 0.0473. The number of sulfonamides is 1. The predicted molar refractivity (Wildman–Crippen MR) is 92.8 cm³/mol. The molecule has 0 amide bonds. The smallest absolute Gasteiger partial charge is 0.338 e. The van der Waals surface area contributed by atoms with Gasteiger partial charge in [0.15, 0.2) is 0 Å². The molecule has 1 heterocycles. The van der Waals surface area contributed by atoms with Crippen molar-refractivity contribution in [3.63, 3.8) is 0 Å². The summed E-state index contributed by atoms with van der Waals surface area (Å²) in [6.07, 6.45) is 0.615. The highest BCUT2D eigenvalue weighted by atomic mass is 35.5. The van der Waals surface area contributed by atoms with Crippen molar-refractivity contribution in [3.05, 3.63) is 64.7 Å². The van der Waals surface area contributed by atoms with E-state index in [0.29, 0.717) is 29.2 Å². The van der Waals surface area contributed by atoms with Crippen LogP contribution in [0.25, 0.3) is 0 Å². The first-order chi connectivity index (χ1) is 11.5. The highest BCUT2D eigenvalue weighted by Gasteiger charge is 2.28. The number of hydrogen-bond acceptors (Lipinski definition) is 4. The Hall–Kier alpha value is -2.05. The van der Waals surface area contributed by atoms with E-state index in [4.69, 9.17) is 16.3 Å². The highest BCUT2D eigenvalue weighted by molar-refractivity contribution is 7.93. The van der Waals surface area contributed by atoms with E-state index in [1.807, 2.05) is 6.07 Å². The quantitative estimate of drug-likeness (QED) is 0.780. The van der Waals surface area contributed by atoms with Crippen LogP contribution in [0.4, 0.5) is 5.69 Å². The summed E-state index contributed by atoms with van der Waals surface area (Å²) in [5, 5.41) is 0.542. The van der Waals surface area contributed by atoms with Crippen molar-refractivity contribution in [2.45, 2.75) is 13.0 Å². The van der Waals surface area contributed by atoms with Crippen molar-refractivity contribution in [2.24, 2.45) is 0 Å². The zero-order valence-corrected chi connectivity index (χ0v) is 14.4. The number of anilines is 1. The van der Waals surface area contributed by atoms with Crippen LogP contribution in [0.15, 0.2) is 48.5 Å². The van der Waals surface area contributed by atoms with E-state index in [0.717, 1.165) is 5.56 Å². The molecule has 2 aromatic carbocycles. The van der Waals surface area contributed by atoms with Crippen LogP contribution >= 0.6 is 11.6 Å². The molecule has 0 aromatic heterocycles. The highest BCUT2D eigenvalue weighted by Crippen LogP contribution is 2.24. The fourth-order valence-corrected chi connectivity index (χ4v) is 4.29. The molecule has 1 fully saturated rings. The Kier molecular flexibility index (Phi) is 4.78. The van der Waals surface area contributed by atoms with Gasteiger partial charge in [0.2, 0.25) is 10.0 Å². The molecule has 1 aliphatic rings. The summed E-state index contributed by atoms with van der Waals surface area (Å²) in [6, 6.07) is 13.5. The third-order valence-corrected chi connectivity index (χ3v) is 6.05. The lowest BCUT2D eigenvalue weighted by atomic mass is 10.2. The van der Waals surface area contributed by atoms with Gasteiger partial charge in [0.1, 0.15) is 6.61 Å². The molecule has 1 aliphatic heterocycles. The number of hydrogen-bond donors (Lipinski definition) is 0. The van der Waals surface area contributed by atoms with Crippen molar-refractivity contribution in [1.29, 1.82) is 0 Å². The summed E-state index contributed by atoms with van der Waals surface area (Å²) >= 11 is 6.02. The van der Waals surface area contributed by atoms with Crippen LogP contribution in [0.1, 0.15) is 22.3 Å². The minimum atomic E-state index is -3.22. The number of nitrogens with zero attached hydrogens (tertiary/aromatic N) is 1. The molecule has 0 bridgehead atoms. The van der Waals surface area contributed by atoms with E-state index in [-0.39, 0.29) is 12.4 Å². The lowest BCUT2D eigenvalue weighted by Gasteiger charge is -2.16. The van der Waals surface area contributed by atoms with E-state index in [2.05, 4.69) is 0 Å². The first-order valence-corrected chi connectivity index (χ1v) is 9.47. The maximum atomic E-state index is 12.1. The minimum Gasteiger partial charge on any atom is -0.457 e. The minimum absolute atomic E-state index is 0.0841. The number of carbonyl (C=O) groups is 1. The second kappa shape index (κ2) is 6.83. The van der Waals surface area contributed by atoms with Crippen LogP contribution in [0.3, 0.4) is 0 Å². The second-order valence-electron chi connectivity index (χ2n) is 5.46. The molecule has 3 rings (SSSR count). The van der Waals surface area contributed by atoms with E-state index < -0.39 is 16.0 Å². The van der Waals surface area contributed by atoms with Gasteiger partial charge in [-0.25, -0.2) is 13.2 Å². The third kappa shape index (κ3) is 3.55. The molecular weight excluding hydrogens is 350 g/mol. The maximum Gasteiger partial charge on any atom is 0.338 e. The molecule has 0 aliphatic carbocycles. The van der Waals surface area contributed by atoms with E-state index in [1.165, 1.54) is 4.31 Å². The number of carbonyl (C=O) groups excluding carboxylic acids is 1. The number of ether oxygens (including phenoxy) is 1. The standard InChI is InChI=1S/C17H16ClNO4S/c18-16-5-2-1-4-14(16)12-23-17(20)13-6-8-15(9-7-13)19-10-3-11-24(19,21)22/h1-2,4-9H,3,10-12H2. The number of benzene rings is 2. The van der Waals surface area contributed by atoms with Crippen LogP contribution < -0.4 is 4.31 Å². The average molecular weight is 366 g/mol. The number of halogens is 1. The monoisotopic (exact) mass is 365 g/mol. The Bertz CT molecular complexity index is 849. The molecule has 7 heteroatoms. The first kappa shape index (κ1) is 16.8. The summed E-state index contributed by atoms with van der Waals surface area (Å²) in [7, 11) is -3.22. The summed E-state index contributed by atoms with van der Waals surface area (Å²) in [5.74, 6) is -0.319. The number of rotatable bonds is 4. The molecule has 24 heavy (non-hydrogen) atoms. The van der Waals surface area contributed by atoms with Gasteiger partial charge >= 0.3 is 5.97 Å². The van der Waals surface area contributed by atoms with E-state index >= 15 is 0 Å². The van der Waals surface area contributed by atoms with Crippen molar-refractivity contribution >= 4 is 33.3 Å². The molecule has 126 valence electrons.